The molecule has 126 valence electrons. The first-order chi connectivity index (χ1) is 11.4. The summed E-state index contributed by atoms with van der Waals surface area (Å²) in [6.45, 7) is 4.19. The summed E-state index contributed by atoms with van der Waals surface area (Å²) in [5, 5.41) is 3.30. The third kappa shape index (κ3) is 2.80. The van der Waals surface area contributed by atoms with Gasteiger partial charge in [0.15, 0.2) is 11.5 Å². The first-order valence-electron chi connectivity index (χ1n) is 7.62. The maximum atomic E-state index is 12.6. The van der Waals surface area contributed by atoms with Gasteiger partial charge in [0.1, 0.15) is 10.4 Å². The Morgan fingerprint density at radius 2 is 2.00 bits per heavy atom. The Kier molecular flexibility index (Phi) is 4.60. The summed E-state index contributed by atoms with van der Waals surface area (Å²) in [4.78, 5) is 35.0. The van der Waals surface area contributed by atoms with Crippen LogP contribution in [0.1, 0.15) is 20.3 Å². The normalized spacial score (nSPS) is 12.7. The Bertz CT molecular complexity index is 1010. The van der Waals surface area contributed by atoms with Gasteiger partial charge in [-0.15, -0.1) is 23.1 Å². The van der Waals surface area contributed by atoms with Crippen LogP contribution in [0, 0.1) is 0 Å². The van der Waals surface area contributed by atoms with Gasteiger partial charge in [-0.25, -0.2) is 14.8 Å². The fourth-order valence-electron chi connectivity index (χ4n) is 2.30. The summed E-state index contributed by atoms with van der Waals surface area (Å²) in [7, 11) is 3.11. The van der Waals surface area contributed by atoms with E-state index in [1.165, 1.54) is 23.0 Å². The minimum Gasteiger partial charge on any atom is -0.280 e. The average molecular weight is 362 g/mol. The lowest BCUT2D eigenvalue weighted by atomic mass is 10.3. The lowest BCUT2D eigenvalue weighted by Crippen LogP contribution is -2.37. The van der Waals surface area contributed by atoms with Crippen LogP contribution < -0.4 is 11.2 Å². The molecule has 0 aliphatic heterocycles. The maximum Gasteiger partial charge on any atom is 0.332 e. The van der Waals surface area contributed by atoms with E-state index >= 15 is 0 Å². The second-order valence-corrected chi connectivity index (χ2v) is 7.95. The van der Waals surface area contributed by atoms with Gasteiger partial charge in [0.05, 0.1) is 4.88 Å². The molecule has 0 saturated heterocycles. The van der Waals surface area contributed by atoms with E-state index in [4.69, 9.17) is 0 Å². The standard InChI is InChI=1S/C16H18N4O2S2/c1-5-9(2)24-14-11-13(19(3)16(22)20(4)15(11)21)17-12(18-14)10-7-6-8-23-10/h6-9H,5H2,1-4H3/t9-/m0/s1. The molecule has 8 heteroatoms. The van der Waals surface area contributed by atoms with Gasteiger partial charge in [0.25, 0.3) is 5.56 Å². The molecule has 0 radical (unpaired) electrons. The number of hydrogen-bond acceptors (Lipinski definition) is 6. The van der Waals surface area contributed by atoms with E-state index in [1.54, 1.807) is 18.8 Å². The quantitative estimate of drug-likeness (QED) is 0.527. The van der Waals surface area contributed by atoms with E-state index in [9.17, 15) is 9.59 Å². The molecule has 0 amide bonds. The molecule has 0 N–H and O–H groups in total. The van der Waals surface area contributed by atoms with Gasteiger partial charge in [0.2, 0.25) is 0 Å². The summed E-state index contributed by atoms with van der Waals surface area (Å²) < 4.78 is 2.52. The molecule has 0 unspecified atom stereocenters. The first-order valence-corrected chi connectivity index (χ1v) is 9.38. The molecule has 3 rings (SSSR count). The molecular weight excluding hydrogens is 344 g/mol. The average Bonchev–Trinajstić information content (AvgIpc) is 3.11. The topological polar surface area (TPSA) is 69.8 Å². The van der Waals surface area contributed by atoms with Crippen molar-refractivity contribution < 1.29 is 0 Å². The Morgan fingerprint density at radius 3 is 2.62 bits per heavy atom. The summed E-state index contributed by atoms with van der Waals surface area (Å²) >= 11 is 3.08. The van der Waals surface area contributed by atoms with E-state index in [2.05, 4.69) is 23.8 Å². The minimum absolute atomic E-state index is 0.307. The Balaban J connectivity index is 2.40. The number of nitrogens with zero attached hydrogens (tertiary/aromatic N) is 4. The van der Waals surface area contributed by atoms with Crippen molar-refractivity contribution in [1.82, 2.24) is 19.1 Å². The van der Waals surface area contributed by atoms with Crippen molar-refractivity contribution >= 4 is 34.1 Å². The van der Waals surface area contributed by atoms with Crippen molar-refractivity contribution in [3.05, 3.63) is 38.4 Å². The Labute approximate surface area is 147 Å². The number of aromatic nitrogens is 4. The summed E-state index contributed by atoms with van der Waals surface area (Å²) in [6.07, 6.45) is 0.955. The van der Waals surface area contributed by atoms with Crippen LogP contribution in [-0.4, -0.2) is 24.4 Å². The van der Waals surface area contributed by atoms with E-state index in [1.807, 2.05) is 17.5 Å². The molecule has 3 heterocycles. The highest BCUT2D eigenvalue weighted by atomic mass is 32.2. The van der Waals surface area contributed by atoms with Crippen molar-refractivity contribution in [2.75, 3.05) is 0 Å². The lowest BCUT2D eigenvalue weighted by molar-refractivity contribution is 0.703. The molecule has 6 nitrogen and oxygen atoms in total. The second kappa shape index (κ2) is 6.52. The summed E-state index contributed by atoms with van der Waals surface area (Å²) in [5.41, 5.74) is -0.355. The highest BCUT2D eigenvalue weighted by molar-refractivity contribution is 8.00. The van der Waals surface area contributed by atoms with Crippen LogP contribution >= 0.6 is 23.1 Å². The number of rotatable bonds is 4. The predicted molar refractivity (Wildman–Crippen MR) is 98.9 cm³/mol. The van der Waals surface area contributed by atoms with Crippen LogP contribution in [0.5, 0.6) is 0 Å². The van der Waals surface area contributed by atoms with Gasteiger partial charge in [-0.05, 0) is 17.9 Å². The Hall–Kier alpha value is -1.93. The van der Waals surface area contributed by atoms with E-state index in [0.29, 0.717) is 27.1 Å². The number of aryl methyl sites for hydroxylation is 1. The molecular formula is C16H18N4O2S2. The number of thioether (sulfide) groups is 1. The van der Waals surface area contributed by atoms with Crippen LogP contribution in [0.15, 0.2) is 32.1 Å². The third-order valence-corrected chi connectivity index (χ3v) is 6.02. The molecule has 3 aromatic rings. The van der Waals surface area contributed by atoms with E-state index in [-0.39, 0.29) is 11.2 Å². The van der Waals surface area contributed by atoms with E-state index in [0.717, 1.165) is 15.9 Å². The molecule has 0 spiro atoms. The zero-order valence-electron chi connectivity index (χ0n) is 13.9. The Morgan fingerprint density at radius 1 is 1.25 bits per heavy atom. The van der Waals surface area contributed by atoms with Gasteiger partial charge < -0.3 is 0 Å². The van der Waals surface area contributed by atoms with Crippen molar-refractivity contribution in [2.24, 2.45) is 14.1 Å². The molecule has 0 aliphatic rings. The zero-order valence-corrected chi connectivity index (χ0v) is 15.6. The van der Waals surface area contributed by atoms with Crippen LogP contribution in [0.25, 0.3) is 21.7 Å². The summed E-state index contributed by atoms with van der Waals surface area (Å²) in [5.74, 6) is 0.548. The molecule has 0 bridgehead atoms. The van der Waals surface area contributed by atoms with Gasteiger partial charge >= 0.3 is 5.69 Å². The molecule has 24 heavy (non-hydrogen) atoms. The highest BCUT2D eigenvalue weighted by Gasteiger charge is 2.19. The predicted octanol–water partition coefficient (Wildman–Crippen LogP) is 2.65. The third-order valence-electron chi connectivity index (χ3n) is 3.90. The molecule has 0 fully saturated rings. The monoisotopic (exact) mass is 362 g/mol. The van der Waals surface area contributed by atoms with Crippen LogP contribution in [-0.2, 0) is 14.1 Å². The van der Waals surface area contributed by atoms with E-state index < -0.39 is 0 Å². The van der Waals surface area contributed by atoms with Crippen molar-refractivity contribution in [1.29, 1.82) is 0 Å². The van der Waals surface area contributed by atoms with Crippen LogP contribution in [0.2, 0.25) is 0 Å². The van der Waals surface area contributed by atoms with Gasteiger partial charge in [-0.3, -0.25) is 13.9 Å². The smallest absolute Gasteiger partial charge is 0.280 e. The van der Waals surface area contributed by atoms with Crippen molar-refractivity contribution in [2.45, 2.75) is 30.5 Å². The molecule has 0 aromatic carbocycles. The highest BCUT2D eigenvalue weighted by Crippen LogP contribution is 2.31. The maximum absolute atomic E-state index is 12.6. The summed E-state index contributed by atoms with van der Waals surface area (Å²) in [6, 6.07) is 3.86. The SMILES string of the molecule is CC[C@H](C)Sc1nc(-c2cccs2)nc2c1c(=O)n(C)c(=O)n2C. The second-order valence-electron chi connectivity index (χ2n) is 5.57. The van der Waals surface area contributed by atoms with Gasteiger partial charge in [0, 0.05) is 19.3 Å². The molecule has 0 saturated carbocycles. The van der Waals surface area contributed by atoms with Crippen LogP contribution in [0.3, 0.4) is 0 Å². The first kappa shape index (κ1) is 16.9. The van der Waals surface area contributed by atoms with Gasteiger partial charge in [-0.2, -0.15) is 0 Å². The zero-order chi connectivity index (χ0) is 17.4. The molecule has 1 atom stereocenters. The van der Waals surface area contributed by atoms with Crippen LogP contribution in [0.4, 0.5) is 0 Å². The number of fused-ring (bicyclic) bond motifs is 1. The molecule has 0 aliphatic carbocycles. The van der Waals surface area contributed by atoms with Gasteiger partial charge in [-0.1, -0.05) is 19.9 Å². The molecule has 3 aromatic heterocycles. The fraction of sp³-hybridized carbons (Fsp3) is 0.375. The fourth-order valence-corrected chi connectivity index (χ4v) is 3.95. The van der Waals surface area contributed by atoms with Crippen molar-refractivity contribution in [3.63, 3.8) is 0 Å². The van der Waals surface area contributed by atoms with Crippen molar-refractivity contribution in [3.8, 4) is 10.7 Å². The number of hydrogen-bond donors (Lipinski definition) is 0. The minimum atomic E-state index is -0.386. The largest absolute Gasteiger partial charge is 0.332 e. The number of thiophene rings is 1. The lowest BCUT2D eigenvalue weighted by Gasteiger charge is -2.13.